The number of fused-ring (bicyclic) bond motifs is 1. The highest BCUT2D eigenvalue weighted by atomic mass is 15.1. The molecule has 0 amide bonds. The van der Waals surface area contributed by atoms with E-state index in [1.807, 2.05) is 0 Å². The summed E-state index contributed by atoms with van der Waals surface area (Å²) in [5, 5.41) is 2.37. The maximum Gasteiger partial charge on any atom is 0.0468 e. The van der Waals surface area contributed by atoms with Crippen LogP contribution in [0.1, 0.15) is 22.3 Å². The fourth-order valence-electron chi connectivity index (χ4n) is 7.63. The lowest BCUT2D eigenvalue weighted by molar-refractivity contribution is 1.28. The molecule has 0 spiro atoms. The minimum Gasteiger partial charge on any atom is -0.311 e. The third kappa shape index (κ3) is 7.12. The van der Waals surface area contributed by atoms with Crippen LogP contribution in [0.4, 0.5) is 34.1 Å². The topological polar surface area (TPSA) is 6.48 Å². The predicted molar refractivity (Wildman–Crippen MR) is 238 cm³/mol. The van der Waals surface area contributed by atoms with Crippen molar-refractivity contribution in [3.05, 3.63) is 265 Å². The van der Waals surface area contributed by atoms with Crippen molar-refractivity contribution in [1.29, 1.82) is 0 Å². The van der Waals surface area contributed by atoms with E-state index in [0.29, 0.717) is 0 Å². The minimum absolute atomic E-state index is 1.10. The molecule has 9 aromatic carbocycles. The number of nitrogens with zero attached hydrogens (tertiary/aromatic N) is 2. The summed E-state index contributed by atoms with van der Waals surface area (Å²) >= 11 is 0. The number of anilines is 6. The zero-order valence-electron chi connectivity index (χ0n) is 31.0. The minimum atomic E-state index is 1.10. The van der Waals surface area contributed by atoms with Crippen molar-refractivity contribution in [2.45, 2.75) is 0 Å². The number of rotatable bonds is 10. The molecule has 0 radical (unpaired) electrons. The van der Waals surface area contributed by atoms with Crippen molar-refractivity contribution in [2.75, 3.05) is 9.80 Å². The van der Waals surface area contributed by atoms with Crippen molar-refractivity contribution in [1.82, 2.24) is 0 Å². The Kier molecular flexibility index (Phi) is 9.75. The first-order valence-electron chi connectivity index (χ1n) is 19.1. The molecule has 9 aromatic rings. The van der Waals surface area contributed by atoms with E-state index >= 15 is 0 Å². The molecular formula is C54H40N2. The third-order valence-corrected chi connectivity index (χ3v) is 10.2. The van der Waals surface area contributed by atoms with Crippen LogP contribution < -0.4 is 9.80 Å². The molecule has 56 heavy (non-hydrogen) atoms. The molecule has 0 unspecified atom stereocenters. The van der Waals surface area contributed by atoms with Crippen LogP contribution in [0.3, 0.4) is 0 Å². The van der Waals surface area contributed by atoms with Crippen LogP contribution in [-0.2, 0) is 0 Å². The molecule has 0 aliphatic heterocycles. The highest BCUT2D eigenvalue weighted by Gasteiger charge is 2.19. The highest BCUT2D eigenvalue weighted by Crippen LogP contribution is 2.41. The van der Waals surface area contributed by atoms with Gasteiger partial charge in [0.15, 0.2) is 0 Å². The smallest absolute Gasteiger partial charge is 0.0468 e. The molecule has 266 valence electrons. The summed E-state index contributed by atoms with van der Waals surface area (Å²) in [6.07, 6.45) is 0. The van der Waals surface area contributed by atoms with Gasteiger partial charge in [0.1, 0.15) is 0 Å². The third-order valence-electron chi connectivity index (χ3n) is 10.2. The van der Waals surface area contributed by atoms with Gasteiger partial charge < -0.3 is 9.80 Å². The van der Waals surface area contributed by atoms with Crippen LogP contribution in [-0.4, -0.2) is 0 Å². The molecular weight excluding hydrogens is 677 g/mol. The zero-order chi connectivity index (χ0) is 37.5. The molecule has 0 aliphatic carbocycles. The van der Waals surface area contributed by atoms with Gasteiger partial charge in [-0.1, -0.05) is 164 Å². The van der Waals surface area contributed by atoms with Crippen LogP contribution in [0.5, 0.6) is 0 Å². The second-order valence-corrected chi connectivity index (χ2v) is 13.8. The molecule has 0 bridgehead atoms. The molecule has 2 nitrogen and oxygen atoms in total. The first kappa shape index (κ1) is 34.4. The molecule has 0 atom stereocenters. The molecule has 0 fully saturated rings. The number of hydrogen-bond acceptors (Lipinski definition) is 2. The van der Waals surface area contributed by atoms with Gasteiger partial charge in [-0.25, -0.2) is 0 Å². The van der Waals surface area contributed by atoms with E-state index in [9.17, 15) is 0 Å². The molecule has 0 saturated carbocycles. The monoisotopic (exact) mass is 716 g/mol. The Morgan fingerprint density at radius 2 is 0.500 bits per heavy atom. The SMILES string of the molecule is c1ccc(C(=C(c2ccccc2)c2ccc3cc(N(c4ccccc4)c4ccccc4)ccc3c2)c2ccc(N(c3ccccc3)c3ccccc3)cc2)cc1. The quantitative estimate of drug-likeness (QED) is 0.130. The lowest BCUT2D eigenvalue weighted by Gasteiger charge is -2.26. The van der Waals surface area contributed by atoms with Gasteiger partial charge in [-0.2, -0.15) is 0 Å². The molecule has 0 heterocycles. The van der Waals surface area contributed by atoms with Crippen LogP contribution in [0.25, 0.3) is 21.9 Å². The van der Waals surface area contributed by atoms with Crippen LogP contribution in [0.2, 0.25) is 0 Å². The van der Waals surface area contributed by atoms with Gasteiger partial charge in [0.25, 0.3) is 0 Å². The Morgan fingerprint density at radius 3 is 0.946 bits per heavy atom. The van der Waals surface area contributed by atoms with E-state index in [1.165, 1.54) is 33.0 Å². The van der Waals surface area contributed by atoms with Gasteiger partial charge in [0.05, 0.1) is 0 Å². The summed E-state index contributed by atoms with van der Waals surface area (Å²) in [5.41, 5.74) is 13.7. The summed E-state index contributed by atoms with van der Waals surface area (Å²) in [6.45, 7) is 0. The van der Waals surface area contributed by atoms with Crippen LogP contribution in [0.15, 0.2) is 243 Å². The number of hydrogen-bond donors (Lipinski definition) is 0. The van der Waals surface area contributed by atoms with Gasteiger partial charge in [0, 0.05) is 34.1 Å². The molecule has 9 rings (SSSR count). The Labute approximate surface area is 329 Å². The maximum absolute atomic E-state index is 2.35. The molecule has 0 aromatic heterocycles. The van der Waals surface area contributed by atoms with Crippen molar-refractivity contribution >= 4 is 56.0 Å². The van der Waals surface area contributed by atoms with Gasteiger partial charge in [-0.3, -0.25) is 0 Å². The Balaban J connectivity index is 1.19. The van der Waals surface area contributed by atoms with Gasteiger partial charge >= 0.3 is 0 Å². The van der Waals surface area contributed by atoms with Crippen molar-refractivity contribution in [3.8, 4) is 0 Å². The largest absolute Gasteiger partial charge is 0.311 e. The summed E-state index contributed by atoms with van der Waals surface area (Å²) in [6, 6.07) is 86.6. The first-order valence-corrected chi connectivity index (χ1v) is 19.1. The Hall–Kier alpha value is -7.42. The molecule has 2 heteroatoms. The molecule has 0 aliphatic rings. The van der Waals surface area contributed by atoms with Crippen LogP contribution in [0, 0.1) is 0 Å². The Bertz CT molecular complexity index is 2610. The highest BCUT2D eigenvalue weighted by molar-refractivity contribution is 6.06. The average Bonchev–Trinajstić information content (AvgIpc) is 3.28. The Morgan fingerprint density at radius 1 is 0.214 bits per heavy atom. The van der Waals surface area contributed by atoms with E-state index < -0.39 is 0 Å². The normalized spacial score (nSPS) is 11.5. The van der Waals surface area contributed by atoms with Crippen LogP contribution >= 0.6 is 0 Å². The second kappa shape index (κ2) is 15.9. The van der Waals surface area contributed by atoms with Gasteiger partial charge in [0.2, 0.25) is 0 Å². The maximum atomic E-state index is 2.35. The van der Waals surface area contributed by atoms with E-state index in [1.54, 1.807) is 0 Å². The average molecular weight is 717 g/mol. The number of para-hydroxylation sites is 4. The summed E-state index contributed by atoms with van der Waals surface area (Å²) in [4.78, 5) is 4.62. The van der Waals surface area contributed by atoms with Crippen molar-refractivity contribution in [2.24, 2.45) is 0 Å². The zero-order valence-corrected chi connectivity index (χ0v) is 31.0. The fraction of sp³-hybridized carbons (Fsp3) is 0. The molecule has 0 N–H and O–H groups in total. The lowest BCUT2D eigenvalue weighted by atomic mass is 9.85. The van der Waals surface area contributed by atoms with Crippen molar-refractivity contribution < 1.29 is 0 Å². The standard InChI is InChI=1S/C54H40N2/c1-7-19-41(20-8-1)53(43-33-36-51(37-34-43)55(47-23-11-3-12-24-47)48-25-13-4-14-26-48)54(42-21-9-2-10-22-42)46-32-31-45-40-52(38-35-44(45)39-46)56(49-27-15-5-16-28-49)50-29-17-6-18-30-50/h1-40H. The summed E-state index contributed by atoms with van der Waals surface area (Å²) < 4.78 is 0. The second-order valence-electron chi connectivity index (χ2n) is 13.8. The van der Waals surface area contributed by atoms with E-state index in [4.69, 9.17) is 0 Å². The van der Waals surface area contributed by atoms with Gasteiger partial charge in [-0.05, 0) is 123 Å². The van der Waals surface area contributed by atoms with E-state index in [-0.39, 0.29) is 0 Å². The molecule has 0 saturated heterocycles. The van der Waals surface area contributed by atoms with Gasteiger partial charge in [-0.15, -0.1) is 0 Å². The van der Waals surface area contributed by atoms with E-state index in [0.717, 1.165) is 45.3 Å². The lowest BCUT2D eigenvalue weighted by Crippen LogP contribution is -2.09. The number of benzene rings is 9. The summed E-state index contributed by atoms with van der Waals surface area (Å²) in [5.74, 6) is 0. The fourth-order valence-corrected chi connectivity index (χ4v) is 7.63. The first-order chi connectivity index (χ1) is 27.8. The van der Waals surface area contributed by atoms with Crippen molar-refractivity contribution in [3.63, 3.8) is 0 Å². The van der Waals surface area contributed by atoms with E-state index in [2.05, 4.69) is 252 Å². The summed E-state index contributed by atoms with van der Waals surface area (Å²) in [7, 11) is 0. The predicted octanol–water partition coefficient (Wildman–Crippen LogP) is 14.8.